The Morgan fingerprint density at radius 3 is 2.89 bits per heavy atom. The number of hydrazone groups is 1. The molecular weight excluding hydrogens is 308 g/mol. The lowest BCUT2D eigenvalue weighted by molar-refractivity contribution is -0.121. The van der Waals surface area contributed by atoms with E-state index in [9.17, 15) is 4.79 Å². The molecule has 0 aliphatic carbocycles. The Kier molecular flexibility index (Phi) is 7.18. The van der Waals surface area contributed by atoms with Crippen LogP contribution in [0.1, 0.15) is 38.7 Å². The van der Waals surface area contributed by atoms with Gasteiger partial charge in [-0.15, -0.1) is 0 Å². The van der Waals surface area contributed by atoms with E-state index in [1.54, 1.807) is 6.21 Å². The quantitative estimate of drug-likeness (QED) is 0.616. The summed E-state index contributed by atoms with van der Waals surface area (Å²) < 4.78 is 6.29. The number of hydrogen-bond acceptors (Lipinski definition) is 3. The fraction of sp³-hybridized carbons (Fsp3) is 0.429. The summed E-state index contributed by atoms with van der Waals surface area (Å²) in [6.07, 6.45) is 4.02. The molecule has 0 fully saturated rings. The third kappa shape index (κ3) is 5.87. The number of carbonyl (C=O) groups is 1. The number of hydrogen-bond donors (Lipinski definition) is 1. The first kappa shape index (κ1) is 15.7. The van der Waals surface area contributed by atoms with Crippen LogP contribution in [0, 0.1) is 0 Å². The van der Waals surface area contributed by atoms with Gasteiger partial charge in [-0.3, -0.25) is 4.79 Å². The zero-order valence-electron chi connectivity index (χ0n) is 11.3. The van der Waals surface area contributed by atoms with Gasteiger partial charge >= 0.3 is 0 Å². The molecule has 0 aromatic heterocycles. The summed E-state index contributed by atoms with van der Waals surface area (Å²) >= 11 is 3.43. The molecule has 0 saturated carbocycles. The molecule has 0 aliphatic heterocycles. The Morgan fingerprint density at radius 1 is 1.47 bits per heavy atom. The summed E-state index contributed by atoms with van der Waals surface area (Å²) in [6, 6.07) is 5.65. The minimum absolute atomic E-state index is 0.0527. The Morgan fingerprint density at radius 2 is 2.26 bits per heavy atom. The molecule has 0 atom stereocenters. The Balaban J connectivity index is 2.53. The van der Waals surface area contributed by atoms with Gasteiger partial charge in [0.05, 0.1) is 17.3 Å². The normalized spacial score (nSPS) is 10.7. The molecule has 0 spiro atoms. The maximum atomic E-state index is 11.3. The van der Waals surface area contributed by atoms with Crippen LogP contribution < -0.4 is 10.2 Å². The van der Waals surface area contributed by atoms with E-state index < -0.39 is 0 Å². The molecule has 0 unspecified atom stereocenters. The van der Waals surface area contributed by atoms with Crippen molar-refractivity contribution in [3.05, 3.63) is 28.2 Å². The number of carbonyl (C=O) groups excluding carboxylic acids is 1. The average molecular weight is 327 g/mol. The topological polar surface area (TPSA) is 50.7 Å². The maximum absolute atomic E-state index is 11.3. The van der Waals surface area contributed by atoms with E-state index in [0.29, 0.717) is 13.0 Å². The first-order valence-electron chi connectivity index (χ1n) is 6.41. The van der Waals surface area contributed by atoms with Crippen molar-refractivity contribution in [2.45, 2.75) is 33.1 Å². The number of nitrogens with zero attached hydrogens (tertiary/aromatic N) is 1. The molecule has 0 saturated heterocycles. The Labute approximate surface area is 122 Å². The highest BCUT2D eigenvalue weighted by Gasteiger charge is 2.01. The van der Waals surface area contributed by atoms with E-state index in [2.05, 4.69) is 26.5 Å². The number of halogens is 1. The van der Waals surface area contributed by atoms with Crippen molar-refractivity contribution in [3.8, 4) is 5.75 Å². The summed E-state index contributed by atoms with van der Waals surface area (Å²) in [5.41, 5.74) is 3.40. The average Bonchev–Trinajstić information content (AvgIpc) is 2.39. The van der Waals surface area contributed by atoms with Gasteiger partial charge < -0.3 is 4.74 Å². The fourth-order valence-corrected chi connectivity index (χ4v) is 1.95. The van der Waals surface area contributed by atoms with Crippen LogP contribution in [0.3, 0.4) is 0 Å². The van der Waals surface area contributed by atoms with Crippen molar-refractivity contribution in [3.63, 3.8) is 0 Å². The van der Waals surface area contributed by atoms with Crippen LogP contribution in [0.4, 0.5) is 0 Å². The van der Waals surface area contributed by atoms with Crippen LogP contribution in [0.5, 0.6) is 5.75 Å². The monoisotopic (exact) mass is 326 g/mol. The van der Waals surface area contributed by atoms with Crippen molar-refractivity contribution >= 4 is 28.1 Å². The molecule has 19 heavy (non-hydrogen) atoms. The van der Waals surface area contributed by atoms with Crippen LogP contribution in [0.2, 0.25) is 0 Å². The van der Waals surface area contributed by atoms with E-state index >= 15 is 0 Å². The predicted octanol–water partition coefficient (Wildman–Crippen LogP) is 3.49. The third-order valence-electron chi connectivity index (χ3n) is 2.42. The number of ether oxygens (including phenoxy) is 1. The Bertz CT molecular complexity index is 447. The molecule has 1 aromatic rings. The van der Waals surface area contributed by atoms with Gasteiger partial charge in [-0.1, -0.05) is 13.3 Å². The molecule has 0 heterocycles. The summed E-state index contributed by atoms with van der Waals surface area (Å²) in [5.74, 6) is 0.745. The predicted molar refractivity (Wildman–Crippen MR) is 80.6 cm³/mol. The third-order valence-corrected chi connectivity index (χ3v) is 3.04. The van der Waals surface area contributed by atoms with Gasteiger partial charge in [-0.2, -0.15) is 5.10 Å². The highest BCUT2D eigenvalue weighted by molar-refractivity contribution is 9.10. The first-order chi connectivity index (χ1) is 9.17. The van der Waals surface area contributed by atoms with Gasteiger partial charge in [-0.25, -0.2) is 5.43 Å². The molecule has 1 rings (SSSR count). The lowest BCUT2D eigenvalue weighted by Gasteiger charge is -2.05. The SMILES string of the molecule is CCCCC(=O)N/N=C/c1ccc(OCC)c(Br)c1. The number of benzene rings is 1. The van der Waals surface area contributed by atoms with Gasteiger partial charge in [0.25, 0.3) is 0 Å². The number of rotatable bonds is 7. The Hall–Kier alpha value is -1.36. The molecule has 4 nitrogen and oxygen atoms in total. The van der Waals surface area contributed by atoms with Gasteiger partial charge in [0.15, 0.2) is 0 Å². The second-order valence-electron chi connectivity index (χ2n) is 4.02. The smallest absolute Gasteiger partial charge is 0.240 e. The molecule has 104 valence electrons. The van der Waals surface area contributed by atoms with Crippen LogP contribution in [0.15, 0.2) is 27.8 Å². The summed E-state index contributed by atoms with van der Waals surface area (Å²) in [5, 5.41) is 3.93. The fourth-order valence-electron chi connectivity index (χ4n) is 1.44. The molecule has 5 heteroatoms. The minimum atomic E-state index is -0.0527. The minimum Gasteiger partial charge on any atom is -0.493 e. The van der Waals surface area contributed by atoms with Crippen molar-refractivity contribution in [2.75, 3.05) is 6.61 Å². The zero-order chi connectivity index (χ0) is 14.1. The second-order valence-corrected chi connectivity index (χ2v) is 4.87. The van der Waals surface area contributed by atoms with E-state index in [1.165, 1.54) is 0 Å². The highest BCUT2D eigenvalue weighted by Crippen LogP contribution is 2.25. The van der Waals surface area contributed by atoms with Crippen molar-refractivity contribution in [1.29, 1.82) is 0 Å². The van der Waals surface area contributed by atoms with Gasteiger partial charge in [0, 0.05) is 6.42 Å². The van der Waals surface area contributed by atoms with E-state index in [0.717, 1.165) is 28.6 Å². The largest absolute Gasteiger partial charge is 0.493 e. The van der Waals surface area contributed by atoms with Crippen molar-refractivity contribution in [2.24, 2.45) is 5.10 Å². The molecule has 1 amide bonds. The second kappa shape index (κ2) is 8.69. The molecule has 0 bridgehead atoms. The molecular formula is C14H19BrN2O2. The lowest BCUT2D eigenvalue weighted by atomic mass is 10.2. The lowest BCUT2D eigenvalue weighted by Crippen LogP contribution is -2.16. The van der Waals surface area contributed by atoms with Crippen LogP contribution in [0.25, 0.3) is 0 Å². The van der Waals surface area contributed by atoms with E-state index in [1.807, 2.05) is 32.0 Å². The van der Waals surface area contributed by atoms with Crippen LogP contribution >= 0.6 is 15.9 Å². The van der Waals surface area contributed by atoms with Gasteiger partial charge in [-0.05, 0) is 53.0 Å². The maximum Gasteiger partial charge on any atom is 0.240 e. The standard InChI is InChI=1S/C14H19BrN2O2/c1-3-5-6-14(18)17-16-10-11-7-8-13(19-4-2)12(15)9-11/h7-10H,3-6H2,1-2H3,(H,17,18)/b16-10+. The van der Waals surface area contributed by atoms with E-state index in [-0.39, 0.29) is 5.91 Å². The van der Waals surface area contributed by atoms with Gasteiger partial charge in [0.1, 0.15) is 5.75 Å². The summed E-state index contributed by atoms with van der Waals surface area (Å²) in [6.45, 7) is 4.61. The molecule has 0 radical (unpaired) electrons. The van der Waals surface area contributed by atoms with Crippen LogP contribution in [-0.4, -0.2) is 18.7 Å². The molecule has 0 aliphatic rings. The molecule has 1 N–H and O–H groups in total. The van der Waals surface area contributed by atoms with Crippen molar-refractivity contribution in [1.82, 2.24) is 5.43 Å². The zero-order valence-corrected chi connectivity index (χ0v) is 12.9. The van der Waals surface area contributed by atoms with Crippen LogP contribution in [-0.2, 0) is 4.79 Å². The summed E-state index contributed by atoms with van der Waals surface area (Å²) in [7, 11) is 0. The number of unbranched alkanes of at least 4 members (excludes halogenated alkanes) is 1. The highest BCUT2D eigenvalue weighted by atomic mass is 79.9. The van der Waals surface area contributed by atoms with Crippen molar-refractivity contribution < 1.29 is 9.53 Å². The summed E-state index contributed by atoms with van der Waals surface area (Å²) in [4.78, 5) is 11.3. The van der Waals surface area contributed by atoms with E-state index in [4.69, 9.17) is 4.74 Å². The van der Waals surface area contributed by atoms with Gasteiger partial charge in [0.2, 0.25) is 5.91 Å². The molecule has 1 aromatic carbocycles. The number of amides is 1. The number of nitrogens with one attached hydrogen (secondary N) is 1. The first-order valence-corrected chi connectivity index (χ1v) is 7.21.